The standard InChI is InChI=1S/C21H31N2.3CH3.Hf/c1-15(2)13-17-9-8-10-18(14-16(3)4)21(17)23-20-12-7-6-11-19(20)22-5;;;;/h8-10,12,15-16H,6-7,11,13-14H2,1-5H3;3*1H3;/q4*-1;+4. The van der Waals surface area contributed by atoms with Crippen LogP contribution >= 0.6 is 0 Å². The number of nitrogens with zero attached hydrogens (tertiary/aromatic N) is 2. The molecule has 1 aromatic rings. The van der Waals surface area contributed by atoms with Crippen LogP contribution in [0.15, 0.2) is 35.0 Å². The largest absolute Gasteiger partial charge is 4.00 e. The van der Waals surface area contributed by atoms with Crippen molar-refractivity contribution in [3.63, 3.8) is 0 Å². The van der Waals surface area contributed by atoms with Gasteiger partial charge in [-0.3, -0.25) is 4.99 Å². The molecule has 0 aromatic heterocycles. The predicted octanol–water partition coefficient (Wildman–Crippen LogP) is 7.58. The van der Waals surface area contributed by atoms with Crippen molar-refractivity contribution in [2.24, 2.45) is 16.8 Å². The van der Waals surface area contributed by atoms with E-state index in [1.807, 2.05) is 7.05 Å². The van der Waals surface area contributed by atoms with E-state index in [0.717, 1.165) is 37.1 Å². The topological polar surface area (TPSA) is 26.5 Å². The summed E-state index contributed by atoms with van der Waals surface area (Å²) < 4.78 is 0. The van der Waals surface area contributed by atoms with Gasteiger partial charge in [-0.1, -0.05) is 63.1 Å². The van der Waals surface area contributed by atoms with E-state index in [4.69, 9.17) is 5.32 Å². The number of benzene rings is 1. The molecule has 0 saturated carbocycles. The van der Waals surface area contributed by atoms with Gasteiger partial charge in [0, 0.05) is 12.8 Å². The van der Waals surface area contributed by atoms with Gasteiger partial charge >= 0.3 is 25.8 Å². The van der Waals surface area contributed by atoms with Crippen molar-refractivity contribution in [3.8, 4) is 0 Å². The van der Waals surface area contributed by atoms with E-state index in [9.17, 15) is 0 Å². The van der Waals surface area contributed by atoms with Crippen molar-refractivity contribution in [2.45, 2.75) is 59.8 Å². The Hall–Kier alpha value is -0.700. The van der Waals surface area contributed by atoms with Crippen LogP contribution in [0, 0.1) is 34.1 Å². The summed E-state index contributed by atoms with van der Waals surface area (Å²) in [5.41, 5.74) is 6.20. The van der Waals surface area contributed by atoms with Gasteiger partial charge in [0.2, 0.25) is 0 Å². The zero-order valence-electron chi connectivity index (χ0n) is 18.9. The van der Waals surface area contributed by atoms with Crippen molar-refractivity contribution in [1.29, 1.82) is 0 Å². The number of allylic oxidation sites excluding steroid dienone is 2. The fourth-order valence-corrected chi connectivity index (χ4v) is 3.21. The first kappa shape index (κ1) is 31.0. The zero-order valence-corrected chi connectivity index (χ0v) is 22.5. The molecule has 0 radical (unpaired) electrons. The van der Waals surface area contributed by atoms with E-state index in [1.54, 1.807) is 0 Å². The number of aliphatic imine (C=N–C) groups is 1. The van der Waals surface area contributed by atoms with Gasteiger partial charge < -0.3 is 27.6 Å². The molecule has 150 valence electrons. The first-order valence-corrected chi connectivity index (χ1v) is 9.00. The van der Waals surface area contributed by atoms with E-state index in [1.165, 1.54) is 23.2 Å². The molecule has 3 heteroatoms. The van der Waals surface area contributed by atoms with Crippen LogP contribution in [0.4, 0.5) is 5.69 Å². The summed E-state index contributed by atoms with van der Waals surface area (Å²) in [5.74, 6) is 1.27. The Kier molecular flexibility index (Phi) is 17.5. The summed E-state index contributed by atoms with van der Waals surface area (Å²) >= 11 is 0. The van der Waals surface area contributed by atoms with E-state index < -0.39 is 0 Å². The Balaban J connectivity index is -0.00000144. The summed E-state index contributed by atoms with van der Waals surface area (Å²) in [5, 5.41) is 5.11. The van der Waals surface area contributed by atoms with E-state index in [0.29, 0.717) is 11.8 Å². The minimum atomic E-state index is 0. The summed E-state index contributed by atoms with van der Waals surface area (Å²) in [4.78, 5) is 4.46. The van der Waals surface area contributed by atoms with Crippen LogP contribution in [0.2, 0.25) is 0 Å². The molecule has 0 unspecified atom stereocenters. The number of rotatable bonds is 6. The van der Waals surface area contributed by atoms with E-state index >= 15 is 0 Å². The number of para-hydroxylation sites is 1. The summed E-state index contributed by atoms with van der Waals surface area (Å²) in [6.07, 6.45) is 7.78. The zero-order chi connectivity index (χ0) is 16.8. The quantitative estimate of drug-likeness (QED) is 0.266. The maximum atomic E-state index is 5.11. The van der Waals surface area contributed by atoms with Gasteiger partial charge in [0.15, 0.2) is 0 Å². The smallest absolute Gasteiger partial charge is 0.656 e. The molecule has 0 saturated heterocycles. The SMILES string of the molecule is CN=C1CCCC=C1[N-]c1c(CC(C)C)cccc1CC(C)C.[CH3-].[CH3-].[CH3-].[Hf+4]. The van der Waals surface area contributed by atoms with Gasteiger partial charge in [-0.15, -0.1) is 11.4 Å². The average Bonchev–Trinajstić information content (AvgIpc) is 2.50. The van der Waals surface area contributed by atoms with Crippen LogP contribution < -0.4 is 0 Å². The summed E-state index contributed by atoms with van der Waals surface area (Å²) in [7, 11) is 1.89. The molecule has 0 bridgehead atoms. The molecule has 2 rings (SSSR count). The molecule has 0 N–H and O–H groups in total. The maximum Gasteiger partial charge on any atom is 4.00 e. The molecule has 1 aromatic carbocycles. The van der Waals surface area contributed by atoms with Gasteiger partial charge in [0.05, 0.1) is 0 Å². The Morgan fingerprint density at radius 3 is 1.93 bits per heavy atom. The van der Waals surface area contributed by atoms with Crippen molar-refractivity contribution >= 4 is 11.4 Å². The first-order chi connectivity index (χ1) is 11.0. The van der Waals surface area contributed by atoms with Crippen LogP contribution in [-0.4, -0.2) is 12.8 Å². The first-order valence-electron chi connectivity index (χ1n) is 9.00. The molecule has 1 aliphatic carbocycles. The average molecular weight is 535 g/mol. The van der Waals surface area contributed by atoms with Crippen LogP contribution in [0.3, 0.4) is 0 Å². The second kappa shape index (κ2) is 15.2. The third kappa shape index (κ3) is 9.36. The van der Waals surface area contributed by atoms with Crippen LogP contribution in [0.5, 0.6) is 0 Å². The second-order valence-electron chi connectivity index (χ2n) is 7.38. The second-order valence-corrected chi connectivity index (χ2v) is 7.38. The molecular weight excluding hydrogens is 495 g/mol. The van der Waals surface area contributed by atoms with Gasteiger partial charge in [-0.2, -0.15) is 0 Å². The summed E-state index contributed by atoms with van der Waals surface area (Å²) in [6, 6.07) is 6.68. The van der Waals surface area contributed by atoms with Gasteiger partial charge in [0.1, 0.15) is 0 Å². The molecule has 0 aliphatic heterocycles. The van der Waals surface area contributed by atoms with Crippen LogP contribution in [0.1, 0.15) is 58.1 Å². The molecule has 0 fully saturated rings. The minimum Gasteiger partial charge on any atom is -0.656 e. The van der Waals surface area contributed by atoms with Crippen LogP contribution in [-0.2, 0) is 38.7 Å². The Bertz CT molecular complexity index is 558. The Morgan fingerprint density at radius 2 is 1.48 bits per heavy atom. The van der Waals surface area contributed by atoms with E-state index in [2.05, 4.69) is 57.0 Å². The predicted molar refractivity (Wildman–Crippen MR) is 121 cm³/mol. The van der Waals surface area contributed by atoms with Gasteiger partial charge in [0.25, 0.3) is 0 Å². The monoisotopic (exact) mass is 536 g/mol. The van der Waals surface area contributed by atoms with Crippen molar-refractivity contribution < 1.29 is 25.8 Å². The Labute approximate surface area is 189 Å². The molecule has 0 spiro atoms. The molecule has 0 amide bonds. The fraction of sp³-hybridized carbons (Fsp3) is 0.500. The van der Waals surface area contributed by atoms with Crippen molar-refractivity contribution in [1.82, 2.24) is 0 Å². The van der Waals surface area contributed by atoms with Crippen molar-refractivity contribution in [2.75, 3.05) is 7.05 Å². The third-order valence-electron chi connectivity index (χ3n) is 4.21. The van der Waals surface area contributed by atoms with Crippen LogP contribution in [0.25, 0.3) is 5.32 Å². The molecule has 2 nitrogen and oxygen atoms in total. The van der Waals surface area contributed by atoms with Crippen molar-refractivity contribution in [3.05, 3.63) is 68.7 Å². The minimum absolute atomic E-state index is 0. The van der Waals surface area contributed by atoms with E-state index in [-0.39, 0.29) is 48.1 Å². The molecule has 0 atom stereocenters. The number of hydrogen-bond donors (Lipinski definition) is 0. The molecule has 0 heterocycles. The third-order valence-corrected chi connectivity index (χ3v) is 4.21. The molecular formula is C24H40HfN2. The summed E-state index contributed by atoms with van der Waals surface area (Å²) in [6.45, 7) is 9.10. The molecule has 1 aliphatic rings. The van der Waals surface area contributed by atoms with Gasteiger partial charge in [-0.25, -0.2) is 0 Å². The number of hydrogen-bond acceptors (Lipinski definition) is 1. The normalized spacial score (nSPS) is 14.5. The fourth-order valence-electron chi connectivity index (χ4n) is 3.21. The Morgan fingerprint density at radius 1 is 0.963 bits per heavy atom. The molecule has 27 heavy (non-hydrogen) atoms. The van der Waals surface area contributed by atoms with Gasteiger partial charge in [-0.05, 0) is 43.9 Å². The maximum absolute atomic E-state index is 5.11.